The number of aliphatic hydroxyl groups excluding tert-OH is 1. The Kier molecular flexibility index (Phi) is 2.33. The normalized spacial score (nSPS) is 40.6. The molecule has 0 amide bonds. The molecule has 3 nitrogen and oxygen atoms in total. The summed E-state index contributed by atoms with van der Waals surface area (Å²) in [4.78, 5) is 24.0. The molecule has 1 saturated carbocycles. The van der Waals surface area contributed by atoms with E-state index < -0.39 is 11.5 Å². The van der Waals surface area contributed by atoms with Crippen molar-refractivity contribution >= 4 is 11.6 Å². The molecule has 3 rings (SSSR count). The largest absolute Gasteiger partial charge is 0.389 e. The number of carbonyl (C=O) groups is 2. The molecule has 90 valence electrons. The number of allylic oxidation sites excluding steroid dienone is 3. The summed E-state index contributed by atoms with van der Waals surface area (Å²) in [6.45, 7) is 0. The minimum atomic E-state index is -0.561. The van der Waals surface area contributed by atoms with Crippen LogP contribution in [-0.2, 0) is 9.59 Å². The lowest BCUT2D eigenvalue weighted by atomic mass is 9.61. The fraction of sp³-hybridized carbons (Fsp3) is 0.571. The fourth-order valence-electron chi connectivity index (χ4n) is 3.42. The Bertz CT molecular complexity index is 446. The zero-order valence-electron chi connectivity index (χ0n) is 9.69. The van der Waals surface area contributed by atoms with Gasteiger partial charge in [0.1, 0.15) is 5.78 Å². The predicted molar refractivity (Wildman–Crippen MR) is 62.3 cm³/mol. The third kappa shape index (κ3) is 1.53. The van der Waals surface area contributed by atoms with Crippen LogP contribution in [0.15, 0.2) is 23.8 Å². The van der Waals surface area contributed by atoms with E-state index in [1.165, 1.54) is 0 Å². The van der Waals surface area contributed by atoms with E-state index in [1.807, 2.05) is 6.08 Å². The van der Waals surface area contributed by atoms with E-state index in [2.05, 4.69) is 0 Å². The SMILES string of the molecule is O=C1C=C2CC[C@H]3C[C@H](O)C=C[C@@]2(CC1)C3=O. The van der Waals surface area contributed by atoms with Crippen LogP contribution in [0.5, 0.6) is 0 Å². The molecule has 0 aromatic rings. The molecule has 0 heterocycles. The van der Waals surface area contributed by atoms with Crippen LogP contribution in [0.25, 0.3) is 0 Å². The molecule has 17 heavy (non-hydrogen) atoms. The van der Waals surface area contributed by atoms with Crippen molar-refractivity contribution in [3.05, 3.63) is 23.8 Å². The second-order valence-corrected chi connectivity index (χ2v) is 5.37. The lowest BCUT2D eigenvalue weighted by molar-refractivity contribution is -0.132. The second kappa shape index (κ2) is 3.64. The van der Waals surface area contributed by atoms with Gasteiger partial charge in [0.25, 0.3) is 0 Å². The maximum Gasteiger partial charge on any atom is 0.155 e. The average Bonchev–Trinajstić information content (AvgIpc) is 2.38. The molecule has 0 aromatic heterocycles. The number of rotatable bonds is 0. The molecular weight excluding hydrogens is 216 g/mol. The van der Waals surface area contributed by atoms with E-state index in [-0.39, 0.29) is 17.5 Å². The molecule has 0 aromatic carbocycles. The molecule has 3 aliphatic carbocycles. The zero-order chi connectivity index (χ0) is 12.0. The molecule has 0 aliphatic heterocycles. The number of aliphatic hydroxyl groups is 1. The highest BCUT2D eigenvalue weighted by Gasteiger charge is 2.49. The summed E-state index contributed by atoms with van der Waals surface area (Å²) in [6, 6.07) is 0. The van der Waals surface area contributed by atoms with Crippen LogP contribution in [0.2, 0.25) is 0 Å². The Morgan fingerprint density at radius 2 is 2.12 bits per heavy atom. The van der Waals surface area contributed by atoms with Gasteiger partial charge in [-0.1, -0.05) is 12.2 Å². The van der Waals surface area contributed by atoms with Crippen molar-refractivity contribution in [3.63, 3.8) is 0 Å². The highest BCUT2D eigenvalue weighted by molar-refractivity contribution is 6.00. The smallest absolute Gasteiger partial charge is 0.155 e. The monoisotopic (exact) mass is 232 g/mol. The summed E-state index contributed by atoms with van der Waals surface area (Å²) in [7, 11) is 0. The molecule has 2 bridgehead atoms. The summed E-state index contributed by atoms with van der Waals surface area (Å²) < 4.78 is 0. The fourth-order valence-corrected chi connectivity index (χ4v) is 3.42. The van der Waals surface area contributed by atoms with Crippen LogP contribution < -0.4 is 0 Å². The molecular formula is C14H16O3. The van der Waals surface area contributed by atoms with E-state index >= 15 is 0 Å². The molecule has 0 saturated heterocycles. The molecule has 1 spiro atoms. The van der Waals surface area contributed by atoms with Gasteiger partial charge in [-0.05, 0) is 37.3 Å². The van der Waals surface area contributed by atoms with Crippen LogP contribution in [-0.4, -0.2) is 22.8 Å². The molecule has 0 radical (unpaired) electrons. The van der Waals surface area contributed by atoms with Gasteiger partial charge in [0.2, 0.25) is 0 Å². The van der Waals surface area contributed by atoms with Crippen LogP contribution in [0.3, 0.4) is 0 Å². The average molecular weight is 232 g/mol. The number of hydrogen-bond acceptors (Lipinski definition) is 3. The van der Waals surface area contributed by atoms with Crippen molar-refractivity contribution in [2.75, 3.05) is 0 Å². The van der Waals surface area contributed by atoms with Gasteiger partial charge in [-0.25, -0.2) is 0 Å². The van der Waals surface area contributed by atoms with Gasteiger partial charge < -0.3 is 5.11 Å². The van der Waals surface area contributed by atoms with E-state index in [1.54, 1.807) is 12.2 Å². The summed E-state index contributed by atoms with van der Waals surface area (Å²) >= 11 is 0. The van der Waals surface area contributed by atoms with E-state index in [9.17, 15) is 14.7 Å². The standard InChI is InChI=1S/C14H16O3/c15-11-3-5-14-6-4-12(16)8-10(14)2-1-9(7-11)13(14)17/h3,5,8-9,11,15H,1-2,4,6-7H2/t9-,11+,14-/m0/s1. The quantitative estimate of drug-likeness (QED) is 0.645. The predicted octanol–water partition coefficient (Wildman–Crippen LogP) is 1.56. The molecule has 3 aliphatic rings. The zero-order valence-corrected chi connectivity index (χ0v) is 9.69. The van der Waals surface area contributed by atoms with Crippen molar-refractivity contribution in [2.45, 2.75) is 38.2 Å². The van der Waals surface area contributed by atoms with Crippen molar-refractivity contribution in [1.29, 1.82) is 0 Å². The first-order chi connectivity index (χ1) is 8.12. The summed E-state index contributed by atoms with van der Waals surface area (Å²) in [6.07, 6.45) is 7.93. The molecule has 3 heteroatoms. The minimum absolute atomic E-state index is 0.0367. The van der Waals surface area contributed by atoms with Crippen molar-refractivity contribution in [2.24, 2.45) is 11.3 Å². The number of Topliss-reactive ketones (excluding diaryl/α,β-unsaturated/α-hetero) is 1. The Morgan fingerprint density at radius 1 is 1.29 bits per heavy atom. The van der Waals surface area contributed by atoms with Gasteiger partial charge in [0, 0.05) is 12.3 Å². The Hall–Kier alpha value is -1.22. The topological polar surface area (TPSA) is 54.4 Å². The highest BCUT2D eigenvalue weighted by atomic mass is 16.3. The summed E-state index contributed by atoms with van der Waals surface area (Å²) in [5.41, 5.74) is 0.411. The lowest BCUT2D eigenvalue weighted by Gasteiger charge is -2.40. The van der Waals surface area contributed by atoms with E-state index in [4.69, 9.17) is 0 Å². The van der Waals surface area contributed by atoms with Crippen molar-refractivity contribution < 1.29 is 14.7 Å². The molecule has 0 unspecified atom stereocenters. The molecule has 1 N–H and O–H groups in total. The van der Waals surface area contributed by atoms with Gasteiger partial charge in [0.05, 0.1) is 11.5 Å². The first kappa shape index (κ1) is 10.9. The Morgan fingerprint density at radius 3 is 2.94 bits per heavy atom. The van der Waals surface area contributed by atoms with Gasteiger partial charge >= 0.3 is 0 Å². The summed E-state index contributed by atoms with van der Waals surface area (Å²) in [5, 5.41) is 9.77. The third-order valence-corrected chi connectivity index (χ3v) is 4.38. The van der Waals surface area contributed by atoms with Crippen LogP contribution in [0.4, 0.5) is 0 Å². The highest BCUT2D eigenvalue weighted by Crippen LogP contribution is 2.49. The van der Waals surface area contributed by atoms with Crippen LogP contribution >= 0.6 is 0 Å². The first-order valence-electron chi connectivity index (χ1n) is 6.27. The lowest BCUT2D eigenvalue weighted by Crippen LogP contribution is -2.42. The van der Waals surface area contributed by atoms with Crippen LogP contribution in [0.1, 0.15) is 32.1 Å². The second-order valence-electron chi connectivity index (χ2n) is 5.37. The Balaban J connectivity index is 2.12. The minimum Gasteiger partial charge on any atom is -0.389 e. The van der Waals surface area contributed by atoms with E-state index in [0.717, 1.165) is 18.4 Å². The van der Waals surface area contributed by atoms with Gasteiger partial charge in [-0.15, -0.1) is 0 Å². The third-order valence-electron chi connectivity index (χ3n) is 4.38. The molecule has 3 atom stereocenters. The maximum absolute atomic E-state index is 12.5. The van der Waals surface area contributed by atoms with Gasteiger partial charge in [-0.3, -0.25) is 9.59 Å². The van der Waals surface area contributed by atoms with Crippen LogP contribution in [0, 0.1) is 11.3 Å². The number of hydrogen-bond donors (Lipinski definition) is 1. The first-order valence-corrected chi connectivity index (χ1v) is 6.27. The molecule has 1 fully saturated rings. The van der Waals surface area contributed by atoms with Crippen molar-refractivity contribution in [1.82, 2.24) is 0 Å². The van der Waals surface area contributed by atoms with Crippen molar-refractivity contribution in [3.8, 4) is 0 Å². The van der Waals surface area contributed by atoms with Gasteiger partial charge in [-0.2, -0.15) is 0 Å². The summed E-state index contributed by atoms with van der Waals surface area (Å²) in [5.74, 6) is 0.315. The number of fused-ring (bicyclic) bond motifs is 1. The van der Waals surface area contributed by atoms with Gasteiger partial charge in [0.15, 0.2) is 5.78 Å². The van der Waals surface area contributed by atoms with E-state index in [0.29, 0.717) is 19.3 Å². The Labute approximate surface area is 100 Å². The maximum atomic E-state index is 12.5. The number of carbonyl (C=O) groups excluding carboxylic acids is 2. The number of ketones is 2.